The second-order valence-electron chi connectivity index (χ2n) is 8.63. The first kappa shape index (κ1) is 22.6. The summed E-state index contributed by atoms with van der Waals surface area (Å²) in [5, 5.41) is 21.3. The summed E-state index contributed by atoms with van der Waals surface area (Å²) in [4.78, 5) is 21.1. The predicted molar refractivity (Wildman–Crippen MR) is 133 cm³/mol. The maximum Gasteiger partial charge on any atom is 0.223 e. The highest BCUT2D eigenvalue weighted by atomic mass is 16.2. The number of nitrogens with one attached hydrogen (secondary N) is 1. The van der Waals surface area contributed by atoms with E-state index in [1.807, 2.05) is 55.9 Å². The lowest BCUT2D eigenvalue weighted by molar-refractivity contribution is -0.131. The minimum absolute atomic E-state index is 0.189. The van der Waals surface area contributed by atoms with E-state index in [1.165, 1.54) is 0 Å². The zero-order valence-corrected chi connectivity index (χ0v) is 19.8. The average Bonchev–Trinajstić information content (AvgIpc) is 3.53. The molecular weight excluding hydrogens is 442 g/mol. The third kappa shape index (κ3) is 4.46. The second kappa shape index (κ2) is 9.56. The highest BCUT2D eigenvalue weighted by Gasteiger charge is 2.22. The van der Waals surface area contributed by atoms with Crippen LogP contribution < -0.4 is 10.2 Å². The van der Waals surface area contributed by atoms with Crippen LogP contribution in [0, 0.1) is 11.3 Å². The van der Waals surface area contributed by atoms with Crippen LogP contribution in [0.2, 0.25) is 0 Å². The molecule has 0 spiro atoms. The van der Waals surface area contributed by atoms with Gasteiger partial charge in [-0.25, -0.2) is 9.50 Å². The lowest BCUT2D eigenvalue weighted by atomic mass is 10.0. The van der Waals surface area contributed by atoms with Gasteiger partial charge >= 0.3 is 0 Å². The summed E-state index contributed by atoms with van der Waals surface area (Å²) in [6.45, 7) is 3.59. The molecule has 5 heterocycles. The van der Waals surface area contributed by atoms with E-state index in [0.29, 0.717) is 31.6 Å². The van der Waals surface area contributed by atoms with Crippen molar-refractivity contribution in [1.82, 2.24) is 34.6 Å². The maximum atomic E-state index is 12.3. The average molecular weight is 470 g/mol. The standard InChI is InChI=1S/C25H27N9O/c1-27-6-5-24(35)33-9-7-32(8-10-33)23-4-3-18(13-28-23)22-11-19(21-15-29-31(2)16-21)17-34-25(22)20(12-26)14-30-34/h3-4,11,13-17,27H,5-10H2,1-2H3. The van der Waals surface area contributed by atoms with Crippen LogP contribution in [0.15, 0.2) is 49.2 Å². The van der Waals surface area contributed by atoms with Crippen LogP contribution in [0.5, 0.6) is 0 Å². The molecule has 0 aliphatic carbocycles. The summed E-state index contributed by atoms with van der Waals surface area (Å²) < 4.78 is 3.50. The summed E-state index contributed by atoms with van der Waals surface area (Å²) >= 11 is 0. The Kier molecular flexibility index (Phi) is 6.16. The van der Waals surface area contributed by atoms with Crippen molar-refractivity contribution in [2.75, 3.05) is 44.7 Å². The minimum atomic E-state index is 0.189. The van der Waals surface area contributed by atoms with Crippen molar-refractivity contribution in [3.63, 3.8) is 0 Å². The van der Waals surface area contributed by atoms with Gasteiger partial charge in [-0.3, -0.25) is 9.48 Å². The number of carbonyl (C=O) groups is 1. The third-order valence-corrected chi connectivity index (χ3v) is 6.37. The molecule has 1 aliphatic heterocycles. The molecule has 10 heteroatoms. The van der Waals surface area contributed by atoms with E-state index in [2.05, 4.69) is 32.5 Å². The predicted octanol–water partition coefficient (Wildman–Crippen LogP) is 1.93. The van der Waals surface area contributed by atoms with Gasteiger partial charge < -0.3 is 15.1 Å². The van der Waals surface area contributed by atoms with Crippen molar-refractivity contribution in [2.24, 2.45) is 7.05 Å². The number of carbonyl (C=O) groups excluding carboxylic acids is 1. The van der Waals surface area contributed by atoms with Gasteiger partial charge in [0.2, 0.25) is 5.91 Å². The van der Waals surface area contributed by atoms with Gasteiger partial charge in [0.15, 0.2) is 0 Å². The molecule has 0 radical (unpaired) electrons. The second-order valence-corrected chi connectivity index (χ2v) is 8.63. The Morgan fingerprint density at radius 2 is 1.89 bits per heavy atom. The largest absolute Gasteiger partial charge is 0.353 e. The molecule has 1 N–H and O–H groups in total. The maximum absolute atomic E-state index is 12.3. The Bertz CT molecular complexity index is 1390. The monoisotopic (exact) mass is 469 g/mol. The number of fused-ring (bicyclic) bond motifs is 1. The van der Waals surface area contributed by atoms with E-state index in [1.54, 1.807) is 15.4 Å². The highest BCUT2D eigenvalue weighted by Crippen LogP contribution is 2.32. The molecule has 0 unspecified atom stereocenters. The molecule has 0 aromatic carbocycles. The first-order chi connectivity index (χ1) is 17.1. The number of nitrogens with zero attached hydrogens (tertiary/aromatic N) is 8. The van der Waals surface area contributed by atoms with Crippen LogP contribution >= 0.6 is 0 Å². The van der Waals surface area contributed by atoms with Crippen molar-refractivity contribution in [3.05, 3.63) is 54.7 Å². The zero-order valence-electron chi connectivity index (χ0n) is 19.8. The smallest absolute Gasteiger partial charge is 0.223 e. The van der Waals surface area contributed by atoms with Gasteiger partial charge in [0.05, 0.1) is 23.5 Å². The fraction of sp³-hybridized carbons (Fsp3) is 0.320. The lowest BCUT2D eigenvalue weighted by Crippen LogP contribution is -2.49. The summed E-state index contributed by atoms with van der Waals surface area (Å²) in [6.07, 6.45) is 9.63. The van der Waals surface area contributed by atoms with Gasteiger partial charge in [-0.2, -0.15) is 15.5 Å². The first-order valence-electron chi connectivity index (χ1n) is 11.6. The van der Waals surface area contributed by atoms with Gasteiger partial charge in [0.25, 0.3) is 0 Å². The van der Waals surface area contributed by atoms with Crippen molar-refractivity contribution in [2.45, 2.75) is 6.42 Å². The van der Waals surface area contributed by atoms with Crippen molar-refractivity contribution < 1.29 is 4.79 Å². The minimum Gasteiger partial charge on any atom is -0.353 e. The van der Waals surface area contributed by atoms with Gasteiger partial charge in [-0.15, -0.1) is 0 Å². The van der Waals surface area contributed by atoms with Crippen LogP contribution in [-0.4, -0.2) is 75.0 Å². The number of aromatic nitrogens is 5. The van der Waals surface area contributed by atoms with E-state index < -0.39 is 0 Å². The molecule has 4 aromatic heterocycles. The van der Waals surface area contributed by atoms with Gasteiger partial charge in [0.1, 0.15) is 11.9 Å². The SMILES string of the molecule is CNCCC(=O)N1CCN(c2ccc(-c3cc(-c4cnn(C)c4)cn4ncc(C#N)c34)cn2)CC1. The zero-order chi connectivity index (χ0) is 24.4. The normalized spacial score (nSPS) is 13.9. The molecule has 1 aliphatic rings. The number of rotatable bonds is 6. The van der Waals surface area contributed by atoms with Crippen LogP contribution in [0.3, 0.4) is 0 Å². The van der Waals surface area contributed by atoms with Crippen molar-refractivity contribution >= 4 is 17.2 Å². The molecule has 0 atom stereocenters. The third-order valence-electron chi connectivity index (χ3n) is 6.37. The summed E-state index contributed by atoms with van der Waals surface area (Å²) in [5.74, 6) is 1.07. The molecule has 0 bridgehead atoms. The molecule has 1 amide bonds. The van der Waals surface area contributed by atoms with Crippen LogP contribution in [0.1, 0.15) is 12.0 Å². The number of nitriles is 1. The Balaban J connectivity index is 1.41. The number of anilines is 1. The molecule has 178 valence electrons. The summed E-state index contributed by atoms with van der Waals surface area (Å²) in [5.41, 5.74) is 4.98. The van der Waals surface area contributed by atoms with E-state index in [4.69, 9.17) is 4.98 Å². The molecule has 1 fully saturated rings. The number of hydrogen-bond donors (Lipinski definition) is 1. The van der Waals surface area contributed by atoms with E-state index >= 15 is 0 Å². The molecule has 0 saturated carbocycles. The number of hydrogen-bond acceptors (Lipinski definition) is 7. The molecule has 35 heavy (non-hydrogen) atoms. The first-order valence-corrected chi connectivity index (χ1v) is 11.6. The number of pyridine rings is 2. The van der Waals surface area contributed by atoms with Crippen LogP contribution in [-0.2, 0) is 11.8 Å². The molecule has 10 nitrogen and oxygen atoms in total. The van der Waals surface area contributed by atoms with Crippen LogP contribution in [0.4, 0.5) is 5.82 Å². The number of piperazine rings is 1. The van der Waals surface area contributed by atoms with Crippen molar-refractivity contribution in [1.29, 1.82) is 5.26 Å². The van der Waals surface area contributed by atoms with Crippen LogP contribution in [0.25, 0.3) is 27.8 Å². The van der Waals surface area contributed by atoms with E-state index in [9.17, 15) is 10.1 Å². The Labute approximate surface area is 203 Å². The topological polar surface area (TPSA) is 107 Å². The summed E-state index contributed by atoms with van der Waals surface area (Å²) in [6, 6.07) is 8.34. The van der Waals surface area contributed by atoms with Gasteiger partial charge in [0, 0.05) is 87.0 Å². The van der Waals surface area contributed by atoms with Gasteiger partial charge in [-0.05, 0) is 25.2 Å². The van der Waals surface area contributed by atoms with E-state index in [-0.39, 0.29) is 5.91 Å². The molecule has 4 aromatic rings. The fourth-order valence-corrected chi connectivity index (χ4v) is 4.46. The Morgan fingerprint density at radius 1 is 1.06 bits per heavy atom. The Hall–Kier alpha value is -4.23. The number of aryl methyl sites for hydroxylation is 1. The molecular formula is C25H27N9O. The van der Waals surface area contributed by atoms with E-state index in [0.717, 1.165) is 46.7 Å². The van der Waals surface area contributed by atoms with Gasteiger partial charge in [-0.1, -0.05) is 0 Å². The quantitative estimate of drug-likeness (QED) is 0.460. The number of amides is 1. The lowest BCUT2D eigenvalue weighted by Gasteiger charge is -2.35. The molecule has 5 rings (SSSR count). The summed E-state index contributed by atoms with van der Waals surface area (Å²) in [7, 11) is 3.74. The van der Waals surface area contributed by atoms with Crippen molar-refractivity contribution in [3.8, 4) is 28.3 Å². The molecule has 1 saturated heterocycles. The highest BCUT2D eigenvalue weighted by molar-refractivity contribution is 5.87. The Morgan fingerprint density at radius 3 is 2.54 bits per heavy atom. The fourth-order valence-electron chi connectivity index (χ4n) is 4.46.